The fourth-order valence-corrected chi connectivity index (χ4v) is 6.65. The molecule has 0 amide bonds. The monoisotopic (exact) mass is 543 g/mol. The highest BCUT2D eigenvalue weighted by Crippen LogP contribution is 2.58. The predicted octanol–water partition coefficient (Wildman–Crippen LogP) is 0.824. The van der Waals surface area contributed by atoms with Crippen molar-refractivity contribution in [3.8, 4) is 0 Å². The Hall–Kier alpha value is -3.68. The summed E-state index contributed by atoms with van der Waals surface area (Å²) < 4.78 is 12.6. The minimum atomic E-state index is -1.43. The van der Waals surface area contributed by atoms with E-state index < -0.39 is 60.9 Å². The van der Waals surface area contributed by atoms with E-state index in [1.165, 1.54) is 12.3 Å². The number of rotatable bonds is 4. The van der Waals surface area contributed by atoms with E-state index in [1.54, 1.807) is 0 Å². The summed E-state index contributed by atoms with van der Waals surface area (Å²) in [4.78, 5) is 17.1. The molecule has 204 valence electrons. The van der Waals surface area contributed by atoms with Gasteiger partial charge in [0.15, 0.2) is 12.0 Å². The van der Waals surface area contributed by atoms with Crippen molar-refractivity contribution in [3.05, 3.63) is 82.4 Å². The maximum Gasteiger partial charge on any atom is 0.351 e. The fraction of sp³-hybridized carbons (Fsp3) is 0.310. The van der Waals surface area contributed by atoms with Crippen molar-refractivity contribution in [3.63, 3.8) is 0 Å². The van der Waals surface area contributed by atoms with Gasteiger partial charge >= 0.3 is 5.69 Å². The zero-order valence-electron chi connectivity index (χ0n) is 20.9. The molecule has 5 aromatic rings. The fourth-order valence-electron chi connectivity index (χ4n) is 6.65. The summed E-state index contributed by atoms with van der Waals surface area (Å²) in [6.45, 7) is -0.520. The zero-order chi connectivity index (χ0) is 27.5. The van der Waals surface area contributed by atoms with Gasteiger partial charge in [-0.3, -0.25) is 4.57 Å². The van der Waals surface area contributed by atoms with Gasteiger partial charge < -0.3 is 40.3 Å². The van der Waals surface area contributed by atoms with E-state index in [0.717, 1.165) is 36.9 Å². The lowest BCUT2D eigenvalue weighted by atomic mass is 9.78. The van der Waals surface area contributed by atoms with E-state index in [0.29, 0.717) is 11.1 Å². The Bertz CT molecular complexity index is 1860. The SMILES string of the molecule is O=c1nc(NC23OC2C(O)C(O)c2cc4ccc5cccc6ccc(c23)c4c56)ccn1[C@@H]1O[C@H](CO)[C@@H](O)[C@H]1O. The topological polar surface area (TPSA) is 170 Å². The molecule has 2 fully saturated rings. The lowest BCUT2D eigenvalue weighted by molar-refractivity contribution is -0.0549. The van der Waals surface area contributed by atoms with E-state index in [1.807, 2.05) is 36.4 Å². The Morgan fingerprint density at radius 3 is 2.40 bits per heavy atom. The van der Waals surface area contributed by atoms with Crippen LogP contribution in [-0.2, 0) is 15.2 Å². The molecule has 11 nitrogen and oxygen atoms in total. The maximum atomic E-state index is 13.0. The number of anilines is 1. The highest BCUT2D eigenvalue weighted by molar-refractivity contribution is 6.24. The third-order valence-electron chi connectivity index (χ3n) is 8.59. The van der Waals surface area contributed by atoms with Crippen LogP contribution in [0.1, 0.15) is 23.5 Å². The van der Waals surface area contributed by atoms with Crippen molar-refractivity contribution in [1.29, 1.82) is 0 Å². The predicted molar refractivity (Wildman–Crippen MR) is 143 cm³/mol. The first kappa shape index (κ1) is 24.1. The molecule has 1 aromatic heterocycles. The van der Waals surface area contributed by atoms with Gasteiger partial charge in [0, 0.05) is 11.8 Å². The molecule has 4 aromatic carbocycles. The highest BCUT2D eigenvalue weighted by Gasteiger charge is 2.68. The number of ether oxygens (including phenoxy) is 2. The van der Waals surface area contributed by atoms with E-state index in [-0.39, 0.29) is 5.82 Å². The molecule has 2 aliphatic heterocycles. The van der Waals surface area contributed by atoms with Crippen LogP contribution in [0.25, 0.3) is 32.3 Å². The van der Waals surface area contributed by atoms with Crippen LogP contribution in [0.5, 0.6) is 0 Å². The number of fused-ring (bicyclic) bond motifs is 4. The number of aromatic nitrogens is 2. The normalized spacial score (nSPS) is 33.0. The molecule has 0 radical (unpaired) electrons. The van der Waals surface area contributed by atoms with Crippen molar-refractivity contribution in [1.82, 2.24) is 9.55 Å². The summed E-state index contributed by atoms with van der Waals surface area (Å²) in [5.74, 6) is 0.149. The van der Waals surface area contributed by atoms with E-state index in [4.69, 9.17) is 9.47 Å². The summed E-state index contributed by atoms with van der Waals surface area (Å²) in [6, 6.07) is 17.5. The van der Waals surface area contributed by atoms with Crippen LogP contribution < -0.4 is 11.0 Å². The zero-order valence-corrected chi connectivity index (χ0v) is 20.9. The van der Waals surface area contributed by atoms with Gasteiger partial charge in [0.2, 0.25) is 0 Å². The molecule has 2 saturated heterocycles. The molecule has 0 spiro atoms. The molecule has 0 saturated carbocycles. The number of aliphatic hydroxyl groups is 5. The van der Waals surface area contributed by atoms with Gasteiger partial charge in [-0.1, -0.05) is 42.5 Å². The summed E-state index contributed by atoms with van der Waals surface area (Å²) in [6.07, 6.45) is -6.86. The molecule has 3 aliphatic rings. The first-order chi connectivity index (χ1) is 19.3. The van der Waals surface area contributed by atoms with Crippen molar-refractivity contribution in [2.24, 2.45) is 0 Å². The van der Waals surface area contributed by atoms with Crippen LogP contribution in [0.2, 0.25) is 0 Å². The number of aliphatic hydroxyl groups excluding tert-OH is 5. The van der Waals surface area contributed by atoms with Gasteiger partial charge in [-0.05, 0) is 50.0 Å². The molecule has 6 N–H and O–H groups in total. The minimum absolute atomic E-state index is 0.149. The number of nitrogens with one attached hydrogen (secondary N) is 1. The second kappa shape index (κ2) is 8.18. The van der Waals surface area contributed by atoms with Crippen molar-refractivity contribution in [2.75, 3.05) is 11.9 Å². The lowest BCUT2D eigenvalue weighted by Gasteiger charge is -2.31. The van der Waals surface area contributed by atoms with Gasteiger partial charge in [0.25, 0.3) is 0 Å². The van der Waals surface area contributed by atoms with Crippen LogP contribution in [0.15, 0.2) is 65.6 Å². The van der Waals surface area contributed by atoms with Crippen LogP contribution in [-0.4, -0.2) is 72.2 Å². The van der Waals surface area contributed by atoms with Gasteiger partial charge in [0.1, 0.15) is 42.4 Å². The van der Waals surface area contributed by atoms with Gasteiger partial charge in [0.05, 0.1) is 6.61 Å². The van der Waals surface area contributed by atoms with Crippen LogP contribution >= 0.6 is 0 Å². The van der Waals surface area contributed by atoms with Gasteiger partial charge in [-0.15, -0.1) is 0 Å². The molecule has 1 aliphatic carbocycles. The highest BCUT2D eigenvalue weighted by atomic mass is 16.6. The van der Waals surface area contributed by atoms with Crippen molar-refractivity contribution in [2.45, 2.75) is 48.6 Å². The minimum Gasteiger partial charge on any atom is -0.394 e. The van der Waals surface area contributed by atoms with Gasteiger partial charge in [-0.25, -0.2) is 4.79 Å². The lowest BCUT2D eigenvalue weighted by Crippen LogP contribution is -2.40. The molecular weight excluding hydrogens is 518 g/mol. The van der Waals surface area contributed by atoms with Crippen LogP contribution in [0, 0.1) is 0 Å². The molecule has 40 heavy (non-hydrogen) atoms. The summed E-state index contributed by atoms with van der Waals surface area (Å²) in [7, 11) is 0. The smallest absolute Gasteiger partial charge is 0.351 e. The molecule has 0 bridgehead atoms. The van der Waals surface area contributed by atoms with E-state index in [9.17, 15) is 30.3 Å². The summed E-state index contributed by atoms with van der Waals surface area (Å²) >= 11 is 0. The first-order valence-corrected chi connectivity index (χ1v) is 13.1. The molecule has 11 heteroatoms. The molecule has 4 unspecified atom stereocenters. The average molecular weight is 544 g/mol. The molecule has 3 heterocycles. The van der Waals surface area contributed by atoms with Crippen molar-refractivity contribution >= 4 is 38.1 Å². The molecule has 8 rings (SSSR count). The molecular formula is C29H25N3O8. The Labute approximate surface area is 225 Å². The second-order valence-electron chi connectivity index (χ2n) is 10.8. The average Bonchev–Trinajstić information content (AvgIpc) is 3.62. The first-order valence-electron chi connectivity index (χ1n) is 13.1. The number of hydrogen-bond donors (Lipinski definition) is 6. The summed E-state index contributed by atoms with van der Waals surface area (Å²) in [5.41, 5.74) is -0.806. The van der Waals surface area contributed by atoms with Crippen LogP contribution in [0.3, 0.4) is 0 Å². The number of epoxide rings is 1. The van der Waals surface area contributed by atoms with Crippen LogP contribution in [0.4, 0.5) is 5.82 Å². The molecule has 8 atom stereocenters. The van der Waals surface area contributed by atoms with Gasteiger partial charge in [-0.2, -0.15) is 4.98 Å². The Kier molecular flexibility index (Phi) is 4.94. The Morgan fingerprint density at radius 2 is 1.68 bits per heavy atom. The summed E-state index contributed by atoms with van der Waals surface area (Å²) in [5, 5.41) is 61.1. The number of nitrogens with zero attached hydrogens (tertiary/aromatic N) is 2. The maximum absolute atomic E-state index is 13.0. The Balaban J connectivity index is 1.25. The third-order valence-corrected chi connectivity index (χ3v) is 8.59. The Morgan fingerprint density at radius 1 is 0.925 bits per heavy atom. The third kappa shape index (κ3) is 3.07. The number of hydrogen-bond acceptors (Lipinski definition) is 10. The standard InChI is InChI=1S/C29H25N3O8/c33-11-17-23(35)25(37)27(39-17)32-9-8-18(30-28(32)38)31-29-21-15-7-6-13-3-1-2-12-4-5-14(20(15)19(12)13)10-16(21)22(34)24(36)26(29)40-29/h1-10,17,22-27,33-37H,11H2,(H,30,31,38)/t17-,22?,23-,24?,25-,26?,27-,29?/m1/s1. The van der Waals surface area contributed by atoms with E-state index in [2.05, 4.69) is 22.4 Å². The van der Waals surface area contributed by atoms with Crippen molar-refractivity contribution < 1.29 is 35.0 Å². The number of benzene rings is 4. The largest absolute Gasteiger partial charge is 0.394 e. The quantitative estimate of drug-likeness (QED) is 0.141. The second-order valence-corrected chi connectivity index (χ2v) is 10.8. The van der Waals surface area contributed by atoms with E-state index >= 15 is 0 Å².